The van der Waals surface area contributed by atoms with E-state index in [1.54, 1.807) is 0 Å². The molecule has 0 aromatic carbocycles. The first kappa shape index (κ1) is 15.4. The van der Waals surface area contributed by atoms with E-state index >= 15 is 0 Å². The Hall–Kier alpha value is -0.610. The van der Waals surface area contributed by atoms with E-state index in [0.717, 1.165) is 25.8 Å². The highest BCUT2D eigenvalue weighted by molar-refractivity contribution is 5.81. The van der Waals surface area contributed by atoms with Crippen LogP contribution in [0.5, 0.6) is 0 Å². The molecule has 1 atom stereocenters. The number of unbranched alkanes of at least 4 members (excludes halogenated alkanes) is 6. The van der Waals surface area contributed by atoms with E-state index in [1.807, 2.05) is 0 Å². The minimum Gasteiger partial charge on any atom is -0.355 e. The topological polar surface area (TPSA) is 52.6 Å². The van der Waals surface area contributed by atoms with E-state index in [2.05, 4.69) is 12.2 Å². The Morgan fingerprint density at radius 1 is 1.22 bits per heavy atom. The molecule has 0 saturated carbocycles. The molecule has 0 spiro atoms. The third-order valence-corrected chi connectivity index (χ3v) is 3.61. The van der Waals surface area contributed by atoms with Crippen molar-refractivity contribution in [3.8, 4) is 0 Å². The first-order valence-electron chi connectivity index (χ1n) is 7.49. The second-order valence-corrected chi connectivity index (χ2v) is 5.23. The van der Waals surface area contributed by atoms with Crippen molar-refractivity contribution in [1.29, 1.82) is 0 Å². The quantitative estimate of drug-likeness (QED) is 0.624. The van der Waals surface area contributed by atoms with Crippen molar-refractivity contribution in [2.75, 3.05) is 13.1 Å². The number of carbonyl (C=O) groups is 1. The summed E-state index contributed by atoms with van der Waals surface area (Å²) in [6.07, 6.45) is 10.5. The Labute approximate surface area is 111 Å². The van der Waals surface area contributed by atoms with E-state index in [1.165, 1.54) is 43.6 Å². The lowest BCUT2D eigenvalue weighted by Gasteiger charge is -2.16. The number of carbonyl (C=O) groups excluding carboxylic acids is 1. The van der Waals surface area contributed by atoms with Gasteiger partial charge in [-0.1, -0.05) is 45.4 Å². The van der Waals surface area contributed by atoms with Gasteiger partial charge in [0, 0.05) is 13.1 Å². The predicted molar refractivity (Wildman–Crippen MR) is 72.5 cm³/mol. The Kier molecular flexibility index (Phi) is 8.01. The van der Waals surface area contributed by atoms with Gasteiger partial charge in [-0.15, -0.1) is 0 Å². The Morgan fingerprint density at radius 3 is 2.50 bits per heavy atom. The third kappa shape index (κ3) is 5.83. The van der Waals surface area contributed by atoms with Crippen LogP contribution in [0.1, 0.15) is 64.7 Å². The summed E-state index contributed by atoms with van der Waals surface area (Å²) in [5, 5.41) is 13.5. The van der Waals surface area contributed by atoms with Crippen molar-refractivity contribution in [2.24, 2.45) is 0 Å². The smallest absolute Gasteiger partial charge is 0.239 e. The lowest BCUT2D eigenvalue weighted by atomic mass is 10.1. The molecule has 0 aromatic rings. The Balaban J connectivity index is 1.92. The van der Waals surface area contributed by atoms with Gasteiger partial charge in [-0.05, 0) is 19.3 Å². The van der Waals surface area contributed by atoms with Gasteiger partial charge in [-0.2, -0.15) is 5.06 Å². The molecule has 1 amide bonds. The molecule has 106 valence electrons. The number of nitrogens with zero attached hydrogens (tertiary/aromatic N) is 1. The second kappa shape index (κ2) is 9.34. The van der Waals surface area contributed by atoms with E-state index in [0.29, 0.717) is 6.54 Å². The molecule has 0 bridgehead atoms. The van der Waals surface area contributed by atoms with Gasteiger partial charge in [0.15, 0.2) is 0 Å². The fourth-order valence-electron chi connectivity index (χ4n) is 2.43. The summed E-state index contributed by atoms with van der Waals surface area (Å²) in [6.45, 7) is 3.59. The largest absolute Gasteiger partial charge is 0.355 e. The Morgan fingerprint density at radius 2 is 1.89 bits per heavy atom. The second-order valence-electron chi connectivity index (χ2n) is 5.23. The van der Waals surface area contributed by atoms with E-state index < -0.39 is 0 Å². The molecule has 2 N–H and O–H groups in total. The van der Waals surface area contributed by atoms with Crippen LogP contribution in [0.3, 0.4) is 0 Å². The highest BCUT2D eigenvalue weighted by atomic mass is 16.5. The molecule has 0 aromatic heterocycles. The van der Waals surface area contributed by atoms with Crippen LogP contribution in [-0.2, 0) is 4.79 Å². The monoisotopic (exact) mass is 256 g/mol. The van der Waals surface area contributed by atoms with Gasteiger partial charge in [0.2, 0.25) is 5.91 Å². The summed E-state index contributed by atoms with van der Waals surface area (Å²) >= 11 is 0. The summed E-state index contributed by atoms with van der Waals surface area (Å²) in [6, 6.07) is -0.311. The van der Waals surface area contributed by atoms with E-state index in [-0.39, 0.29) is 11.9 Å². The highest BCUT2D eigenvalue weighted by Crippen LogP contribution is 2.14. The van der Waals surface area contributed by atoms with Crippen molar-refractivity contribution in [3.63, 3.8) is 0 Å². The zero-order valence-corrected chi connectivity index (χ0v) is 11.7. The van der Waals surface area contributed by atoms with Crippen LogP contribution in [0.15, 0.2) is 0 Å². The molecule has 0 aliphatic carbocycles. The number of rotatable bonds is 9. The first-order valence-corrected chi connectivity index (χ1v) is 7.49. The maximum Gasteiger partial charge on any atom is 0.239 e. The normalized spacial score (nSPS) is 20.2. The van der Waals surface area contributed by atoms with Crippen molar-refractivity contribution in [1.82, 2.24) is 10.4 Å². The minimum absolute atomic E-state index is 0.0130. The zero-order chi connectivity index (χ0) is 13.2. The summed E-state index contributed by atoms with van der Waals surface area (Å²) in [4.78, 5) is 11.7. The van der Waals surface area contributed by atoms with Gasteiger partial charge in [0.05, 0.1) is 0 Å². The minimum atomic E-state index is -0.311. The van der Waals surface area contributed by atoms with Crippen LogP contribution in [0, 0.1) is 0 Å². The van der Waals surface area contributed by atoms with Gasteiger partial charge >= 0.3 is 0 Å². The molecule has 1 aliphatic rings. The molecule has 1 saturated heterocycles. The SMILES string of the molecule is CCCCCCCCCNC(=O)[C@@H]1CCCN1O. The maximum absolute atomic E-state index is 11.7. The number of amides is 1. The average Bonchev–Trinajstić information content (AvgIpc) is 2.79. The molecule has 18 heavy (non-hydrogen) atoms. The number of hydrogen-bond donors (Lipinski definition) is 2. The average molecular weight is 256 g/mol. The molecule has 4 heteroatoms. The summed E-state index contributed by atoms with van der Waals surface area (Å²) in [7, 11) is 0. The molecule has 1 rings (SSSR count). The van der Waals surface area contributed by atoms with Gasteiger partial charge < -0.3 is 10.5 Å². The molecular formula is C14H28N2O2. The maximum atomic E-state index is 11.7. The van der Waals surface area contributed by atoms with Gasteiger partial charge in [0.25, 0.3) is 0 Å². The third-order valence-electron chi connectivity index (χ3n) is 3.61. The molecule has 0 unspecified atom stereocenters. The first-order chi connectivity index (χ1) is 8.75. The standard InChI is InChI=1S/C14H28N2O2/c1-2-3-4-5-6-7-8-11-15-14(17)13-10-9-12-16(13)18/h13,18H,2-12H2,1H3,(H,15,17)/t13-/m0/s1. The van der Waals surface area contributed by atoms with Crippen molar-refractivity contribution >= 4 is 5.91 Å². The zero-order valence-electron chi connectivity index (χ0n) is 11.7. The number of hydroxylamine groups is 2. The van der Waals surface area contributed by atoms with E-state index in [4.69, 9.17) is 0 Å². The molecule has 1 aliphatic heterocycles. The predicted octanol–water partition coefficient (Wildman–Crippen LogP) is 2.71. The van der Waals surface area contributed by atoms with Crippen LogP contribution < -0.4 is 5.32 Å². The molecule has 4 nitrogen and oxygen atoms in total. The molecular weight excluding hydrogens is 228 g/mol. The van der Waals surface area contributed by atoms with Crippen molar-refractivity contribution in [3.05, 3.63) is 0 Å². The summed E-state index contributed by atoms with van der Waals surface area (Å²) in [5.41, 5.74) is 0. The molecule has 1 fully saturated rings. The van der Waals surface area contributed by atoms with Crippen LogP contribution in [-0.4, -0.2) is 35.3 Å². The van der Waals surface area contributed by atoms with Crippen molar-refractivity contribution in [2.45, 2.75) is 70.8 Å². The summed E-state index contributed by atoms with van der Waals surface area (Å²) in [5.74, 6) is -0.0130. The molecule has 1 heterocycles. The fourth-order valence-corrected chi connectivity index (χ4v) is 2.43. The van der Waals surface area contributed by atoms with Gasteiger partial charge in [0.1, 0.15) is 6.04 Å². The van der Waals surface area contributed by atoms with Crippen LogP contribution in [0.2, 0.25) is 0 Å². The lowest BCUT2D eigenvalue weighted by Crippen LogP contribution is -2.41. The van der Waals surface area contributed by atoms with Gasteiger partial charge in [-0.25, -0.2) is 0 Å². The van der Waals surface area contributed by atoms with Crippen LogP contribution >= 0.6 is 0 Å². The van der Waals surface area contributed by atoms with Crippen LogP contribution in [0.25, 0.3) is 0 Å². The van der Waals surface area contributed by atoms with Crippen LogP contribution in [0.4, 0.5) is 0 Å². The van der Waals surface area contributed by atoms with Gasteiger partial charge in [-0.3, -0.25) is 4.79 Å². The number of nitrogens with one attached hydrogen (secondary N) is 1. The van der Waals surface area contributed by atoms with Crippen molar-refractivity contribution < 1.29 is 10.0 Å². The molecule has 0 radical (unpaired) electrons. The lowest BCUT2D eigenvalue weighted by molar-refractivity contribution is -0.145. The van der Waals surface area contributed by atoms with E-state index in [9.17, 15) is 10.0 Å². The summed E-state index contributed by atoms with van der Waals surface area (Å²) < 4.78 is 0. The Bertz CT molecular complexity index is 234. The number of hydrogen-bond acceptors (Lipinski definition) is 3. The fraction of sp³-hybridized carbons (Fsp3) is 0.929. The highest BCUT2D eigenvalue weighted by Gasteiger charge is 2.28.